The van der Waals surface area contributed by atoms with Gasteiger partial charge in [0.15, 0.2) is 6.23 Å². The van der Waals surface area contributed by atoms with Crippen LogP contribution >= 0.6 is 7.60 Å². The third kappa shape index (κ3) is 5.80. The Morgan fingerprint density at radius 3 is 2.38 bits per heavy atom. The molecule has 4 radical (unpaired) electrons. The van der Waals surface area contributed by atoms with Crippen molar-refractivity contribution in [2.45, 2.75) is 12.3 Å². The zero-order chi connectivity index (χ0) is 19.9. The van der Waals surface area contributed by atoms with Crippen molar-refractivity contribution < 1.29 is 28.2 Å². The van der Waals surface area contributed by atoms with E-state index in [9.17, 15) is 19.0 Å². The Labute approximate surface area is 152 Å². The Balaban J connectivity index is 3.27. The molecule has 1 heterocycles. The zero-order valence-corrected chi connectivity index (χ0v) is 15.5. The fourth-order valence-electron chi connectivity index (χ4n) is 1.95. The molecule has 140 valence electrons. The van der Waals surface area contributed by atoms with E-state index in [0.29, 0.717) is 0 Å². The van der Waals surface area contributed by atoms with Gasteiger partial charge in [-0.1, -0.05) is 5.47 Å². The van der Waals surface area contributed by atoms with E-state index in [1.54, 1.807) is 0 Å². The van der Waals surface area contributed by atoms with E-state index in [1.165, 1.54) is 20.4 Å². The van der Waals surface area contributed by atoms with E-state index in [4.69, 9.17) is 29.9 Å². The summed E-state index contributed by atoms with van der Waals surface area (Å²) in [7, 11) is 10.9. The van der Waals surface area contributed by atoms with Gasteiger partial charge >= 0.3 is 13.3 Å². The molecule has 0 spiro atoms. The van der Waals surface area contributed by atoms with Crippen LogP contribution in [0.15, 0.2) is 32.5 Å². The highest BCUT2D eigenvalue weighted by atomic mass is 31.2. The summed E-state index contributed by atoms with van der Waals surface area (Å²) in [5, 5.41) is -0.605. The number of hydrogen-bond acceptors (Lipinski definition) is 7. The molecule has 0 saturated heterocycles. The summed E-state index contributed by atoms with van der Waals surface area (Å²) in [6, 6.07) is 1.12. The Morgan fingerprint density at radius 1 is 1.27 bits per heavy atom. The van der Waals surface area contributed by atoms with Crippen molar-refractivity contribution >= 4 is 23.3 Å². The van der Waals surface area contributed by atoms with E-state index >= 15 is 0 Å². The number of aromatic amines is 1. The number of nitrogens with zero attached hydrogens (tertiary/aromatic N) is 1. The van der Waals surface area contributed by atoms with Gasteiger partial charge in [0.05, 0.1) is 19.3 Å². The van der Waals surface area contributed by atoms with Gasteiger partial charge in [0.2, 0.25) is 0 Å². The van der Waals surface area contributed by atoms with Crippen molar-refractivity contribution in [3.05, 3.63) is 43.8 Å². The molecule has 0 aliphatic heterocycles. The van der Waals surface area contributed by atoms with Crippen molar-refractivity contribution in [3.63, 3.8) is 0 Å². The van der Waals surface area contributed by atoms with Gasteiger partial charge in [0.1, 0.15) is 15.7 Å². The van der Waals surface area contributed by atoms with E-state index in [0.717, 1.165) is 17.7 Å². The van der Waals surface area contributed by atoms with E-state index in [2.05, 4.69) is 9.51 Å². The van der Waals surface area contributed by atoms with Gasteiger partial charge in [0.25, 0.3) is 5.56 Å². The molecular formula is C13H19B2N2O8P. The molecule has 0 bridgehead atoms. The molecule has 0 amide bonds. The molecule has 0 saturated carbocycles. The molecule has 1 aromatic heterocycles. The van der Waals surface area contributed by atoms with E-state index < -0.39 is 36.4 Å². The van der Waals surface area contributed by atoms with Crippen molar-refractivity contribution in [2.24, 2.45) is 0 Å². The third-order valence-corrected chi connectivity index (χ3v) is 4.67. The second-order valence-electron chi connectivity index (χ2n) is 5.05. The molecule has 2 N–H and O–H groups in total. The maximum Gasteiger partial charge on any atom is 0.343 e. The monoisotopic (exact) mass is 384 g/mol. The molecule has 0 fully saturated rings. The number of rotatable bonds is 10. The normalized spacial score (nSPS) is 17.2. The van der Waals surface area contributed by atoms with Gasteiger partial charge in [-0.2, -0.15) is 0 Å². The summed E-state index contributed by atoms with van der Waals surface area (Å²) in [6.07, 6.45) is -0.921. The minimum absolute atomic E-state index is 0.0968. The first-order valence-electron chi connectivity index (χ1n) is 7.27. The largest absolute Gasteiger partial charge is 0.382 e. The van der Waals surface area contributed by atoms with Crippen LogP contribution in [0.2, 0.25) is 0 Å². The van der Waals surface area contributed by atoms with Crippen LogP contribution < -0.4 is 11.2 Å². The Kier molecular flexibility index (Phi) is 8.75. The van der Waals surface area contributed by atoms with Gasteiger partial charge in [-0.25, -0.2) is 4.79 Å². The number of hydrogen-bond donors (Lipinski definition) is 2. The highest BCUT2D eigenvalue weighted by molar-refractivity contribution is 7.60. The highest BCUT2D eigenvalue weighted by Gasteiger charge is 2.27. The summed E-state index contributed by atoms with van der Waals surface area (Å²) in [5.41, 5.74) is -1.62. The molecule has 0 aliphatic carbocycles. The minimum atomic E-state index is -4.30. The summed E-state index contributed by atoms with van der Waals surface area (Å²) >= 11 is 0. The lowest BCUT2D eigenvalue weighted by Gasteiger charge is -2.28. The molecule has 3 atom stereocenters. The molecule has 26 heavy (non-hydrogen) atoms. The number of ether oxygens (including phenoxy) is 3. The number of nitrogens with one attached hydrogen (secondary N) is 1. The number of H-pyrrole nitrogens is 1. The fraction of sp³-hybridized carbons (Fsp3) is 0.538. The second kappa shape index (κ2) is 10.1. The topological polar surface area (TPSA) is 129 Å². The summed E-state index contributed by atoms with van der Waals surface area (Å²) < 4.78 is 33.1. The van der Waals surface area contributed by atoms with Crippen molar-refractivity contribution in [2.75, 3.05) is 34.5 Å². The zero-order valence-electron chi connectivity index (χ0n) is 14.6. The lowest BCUT2D eigenvalue weighted by atomic mass is 9.84. The molecule has 10 nitrogen and oxygen atoms in total. The van der Waals surface area contributed by atoms with Crippen LogP contribution in [0.25, 0.3) is 0 Å². The van der Waals surface area contributed by atoms with Crippen molar-refractivity contribution in [1.82, 2.24) is 9.55 Å². The first-order valence-corrected chi connectivity index (χ1v) is 8.84. The van der Waals surface area contributed by atoms with Gasteiger partial charge in [-0.15, -0.1) is 0 Å². The van der Waals surface area contributed by atoms with Crippen LogP contribution in [0.1, 0.15) is 6.23 Å². The fourth-order valence-corrected chi connectivity index (χ4v) is 2.62. The molecule has 1 rings (SSSR count). The van der Waals surface area contributed by atoms with Crippen LogP contribution in [0.5, 0.6) is 0 Å². The summed E-state index contributed by atoms with van der Waals surface area (Å²) in [6.45, 7) is -0.241. The molecule has 0 aromatic carbocycles. The first kappa shape index (κ1) is 22.6. The first-order chi connectivity index (χ1) is 12.2. The van der Waals surface area contributed by atoms with E-state index in [1.807, 2.05) is 0 Å². The van der Waals surface area contributed by atoms with Crippen LogP contribution in [0.4, 0.5) is 0 Å². The van der Waals surface area contributed by atoms with Crippen molar-refractivity contribution in [3.8, 4) is 0 Å². The van der Waals surface area contributed by atoms with Crippen LogP contribution in [-0.4, -0.2) is 70.8 Å². The maximum atomic E-state index is 12.0. The van der Waals surface area contributed by atoms with Crippen LogP contribution in [0, 0.1) is 0 Å². The molecule has 1 aromatic rings. The minimum Gasteiger partial charge on any atom is -0.382 e. The third-order valence-electron chi connectivity index (χ3n) is 3.30. The lowest BCUT2D eigenvalue weighted by molar-refractivity contribution is -0.0934. The van der Waals surface area contributed by atoms with Crippen molar-refractivity contribution in [1.29, 1.82) is 0 Å². The molecule has 13 heteroatoms. The van der Waals surface area contributed by atoms with Gasteiger partial charge < -0.3 is 23.6 Å². The lowest BCUT2D eigenvalue weighted by Crippen LogP contribution is -2.37. The summed E-state index contributed by atoms with van der Waals surface area (Å²) in [4.78, 5) is 34.9. The van der Waals surface area contributed by atoms with Gasteiger partial charge in [-0.3, -0.25) is 18.9 Å². The summed E-state index contributed by atoms with van der Waals surface area (Å²) in [5.74, 6) is 0. The average molecular weight is 384 g/mol. The smallest absolute Gasteiger partial charge is 0.343 e. The van der Waals surface area contributed by atoms with Gasteiger partial charge in [0, 0.05) is 33.6 Å². The molecular weight excluding hydrogens is 365 g/mol. The van der Waals surface area contributed by atoms with Crippen LogP contribution in [0.3, 0.4) is 0 Å². The predicted octanol–water partition coefficient (Wildman–Crippen LogP) is -0.949. The second-order valence-corrected chi connectivity index (χ2v) is 6.94. The Bertz CT molecular complexity index is 793. The average Bonchev–Trinajstić information content (AvgIpc) is 2.59. The quantitative estimate of drug-likeness (QED) is 0.391. The number of aromatic nitrogens is 2. The highest BCUT2D eigenvalue weighted by Crippen LogP contribution is 2.49. The Morgan fingerprint density at radius 2 is 1.88 bits per heavy atom. The van der Waals surface area contributed by atoms with E-state index in [-0.39, 0.29) is 18.7 Å². The predicted molar refractivity (Wildman–Crippen MR) is 94.4 cm³/mol. The maximum absolute atomic E-state index is 12.0. The molecule has 1 unspecified atom stereocenters. The van der Waals surface area contributed by atoms with Crippen LogP contribution in [-0.2, 0) is 23.3 Å². The standard InChI is InChI=1S/C13H19B2N2O8P/c1-22-6-8(11(14)12(15)26(20,21)24-3)25-10(7-23-2)17-5-4-9(18)16-13(17)19/h4-5,8,10H,6-7H2,1-3H3,(H,20,21)(H,16,18,19)/b12-11-/t8-,10+/m0/s1. The Hall–Kier alpha value is -1.42. The molecule has 0 aliphatic rings. The SMILES string of the molecule is [B]/C(=C(/[B])P(=O)(O)OC)[C@H](COC)O[C@H](COC)n1ccc(=O)[nH]c1=O. The van der Waals surface area contributed by atoms with Gasteiger partial charge in [-0.05, 0) is 5.21 Å². The number of methoxy groups -OCH3 is 2.